The molecule has 0 aliphatic carbocycles. The molecule has 0 spiro atoms. The number of aliphatic hydroxyl groups is 1. The highest BCUT2D eigenvalue weighted by molar-refractivity contribution is 5.62. The zero-order valence-electron chi connectivity index (χ0n) is 10.4. The van der Waals surface area contributed by atoms with Crippen LogP contribution in [0.25, 0.3) is 0 Å². The van der Waals surface area contributed by atoms with Gasteiger partial charge in [0, 0.05) is 24.8 Å². The molecule has 1 aromatic rings. The number of rotatable bonds is 2. The molecule has 0 saturated carbocycles. The topological polar surface area (TPSA) is 58.7 Å². The van der Waals surface area contributed by atoms with E-state index >= 15 is 0 Å². The van der Waals surface area contributed by atoms with Crippen LogP contribution in [-0.2, 0) is 0 Å². The summed E-state index contributed by atoms with van der Waals surface area (Å²) in [5.74, 6) is 1.01. The van der Waals surface area contributed by atoms with Crippen molar-refractivity contribution < 1.29 is 9.84 Å². The number of piperidine rings is 1. The molecule has 0 bridgehead atoms. The molecule has 2 unspecified atom stereocenters. The summed E-state index contributed by atoms with van der Waals surface area (Å²) in [6.45, 7) is 3.82. The van der Waals surface area contributed by atoms with Crippen molar-refractivity contribution in [2.24, 2.45) is 5.92 Å². The number of nitrogens with zero attached hydrogens (tertiary/aromatic N) is 1. The highest BCUT2D eigenvalue weighted by atomic mass is 16.5. The molecule has 0 aromatic heterocycles. The molecule has 1 aliphatic heterocycles. The molecule has 1 saturated heterocycles. The van der Waals surface area contributed by atoms with Crippen LogP contribution in [0.4, 0.5) is 11.4 Å². The quantitative estimate of drug-likeness (QED) is 0.764. The van der Waals surface area contributed by atoms with Gasteiger partial charge in [0.15, 0.2) is 0 Å². The number of hydrogen-bond acceptors (Lipinski definition) is 4. The number of hydrogen-bond donors (Lipinski definition) is 2. The van der Waals surface area contributed by atoms with Crippen LogP contribution >= 0.6 is 0 Å². The van der Waals surface area contributed by atoms with Crippen LogP contribution in [0, 0.1) is 5.92 Å². The van der Waals surface area contributed by atoms with Gasteiger partial charge >= 0.3 is 0 Å². The predicted molar refractivity (Wildman–Crippen MR) is 69.4 cm³/mol. The summed E-state index contributed by atoms with van der Waals surface area (Å²) in [4.78, 5) is 2.26. The van der Waals surface area contributed by atoms with Gasteiger partial charge in [-0.25, -0.2) is 0 Å². The van der Waals surface area contributed by atoms with E-state index in [1.807, 2.05) is 18.2 Å². The van der Waals surface area contributed by atoms with Gasteiger partial charge in [0.25, 0.3) is 0 Å². The molecule has 94 valence electrons. The Hall–Kier alpha value is -1.42. The Balaban J connectivity index is 2.17. The van der Waals surface area contributed by atoms with Gasteiger partial charge in [-0.05, 0) is 24.5 Å². The maximum absolute atomic E-state index is 9.72. The van der Waals surface area contributed by atoms with E-state index in [1.54, 1.807) is 7.11 Å². The van der Waals surface area contributed by atoms with E-state index in [0.29, 0.717) is 17.4 Å². The summed E-state index contributed by atoms with van der Waals surface area (Å²) < 4.78 is 5.22. The van der Waals surface area contributed by atoms with Crippen LogP contribution in [-0.4, -0.2) is 31.4 Å². The number of anilines is 2. The second kappa shape index (κ2) is 4.84. The lowest BCUT2D eigenvalue weighted by atomic mass is 9.96. The van der Waals surface area contributed by atoms with Gasteiger partial charge in [-0.15, -0.1) is 0 Å². The van der Waals surface area contributed by atoms with Crippen molar-refractivity contribution >= 4 is 11.4 Å². The highest BCUT2D eigenvalue weighted by Crippen LogP contribution is 2.30. The van der Waals surface area contributed by atoms with Crippen LogP contribution in [0.1, 0.15) is 13.3 Å². The van der Waals surface area contributed by atoms with E-state index in [0.717, 1.165) is 25.2 Å². The minimum absolute atomic E-state index is 0.179. The van der Waals surface area contributed by atoms with E-state index in [9.17, 15) is 5.11 Å². The van der Waals surface area contributed by atoms with E-state index in [-0.39, 0.29) is 6.10 Å². The van der Waals surface area contributed by atoms with Crippen molar-refractivity contribution in [3.05, 3.63) is 18.2 Å². The van der Waals surface area contributed by atoms with E-state index in [2.05, 4.69) is 11.8 Å². The predicted octanol–water partition coefficient (Wildman–Crippen LogP) is 1.48. The highest BCUT2D eigenvalue weighted by Gasteiger charge is 2.24. The van der Waals surface area contributed by atoms with E-state index in [4.69, 9.17) is 10.5 Å². The summed E-state index contributed by atoms with van der Waals surface area (Å²) in [6.07, 6.45) is 0.635. The molecule has 17 heavy (non-hydrogen) atoms. The zero-order valence-corrected chi connectivity index (χ0v) is 10.4. The lowest BCUT2D eigenvalue weighted by Crippen LogP contribution is -2.41. The molecular weight excluding hydrogens is 216 g/mol. The molecule has 1 aromatic carbocycles. The second-order valence-electron chi connectivity index (χ2n) is 4.71. The van der Waals surface area contributed by atoms with Crippen LogP contribution in [0.3, 0.4) is 0 Å². The fourth-order valence-corrected chi connectivity index (χ4v) is 2.26. The van der Waals surface area contributed by atoms with Gasteiger partial charge in [0.1, 0.15) is 5.75 Å². The molecule has 0 radical (unpaired) electrons. The average Bonchev–Trinajstić information content (AvgIpc) is 2.33. The normalized spacial score (nSPS) is 24.8. The number of nitrogen functional groups attached to an aromatic ring is 1. The van der Waals surface area contributed by atoms with Crippen molar-refractivity contribution in [1.29, 1.82) is 0 Å². The fourth-order valence-electron chi connectivity index (χ4n) is 2.26. The summed E-state index contributed by atoms with van der Waals surface area (Å²) >= 11 is 0. The lowest BCUT2D eigenvalue weighted by molar-refractivity contribution is 0.0971. The molecule has 4 nitrogen and oxygen atoms in total. The van der Waals surface area contributed by atoms with Crippen LogP contribution in [0.15, 0.2) is 18.2 Å². The van der Waals surface area contributed by atoms with Gasteiger partial charge in [0.2, 0.25) is 0 Å². The van der Waals surface area contributed by atoms with Crippen molar-refractivity contribution in [3.63, 3.8) is 0 Å². The number of nitrogens with two attached hydrogens (primary N) is 1. The summed E-state index contributed by atoms with van der Waals surface area (Å²) in [5.41, 5.74) is 7.56. The Labute approximate surface area is 102 Å². The molecule has 1 fully saturated rings. The smallest absolute Gasteiger partial charge is 0.143 e. The van der Waals surface area contributed by atoms with Crippen molar-refractivity contribution in [1.82, 2.24) is 0 Å². The first-order valence-electron chi connectivity index (χ1n) is 5.98. The number of methoxy groups -OCH3 is 1. The number of ether oxygens (including phenoxy) is 1. The standard InChI is InChI=1S/C13H20N2O2/c1-9-8-15(6-5-12(9)16)10-3-4-11(14)13(7-10)17-2/h3-4,7,9,12,16H,5-6,8,14H2,1-2H3. The molecular formula is C13H20N2O2. The van der Waals surface area contributed by atoms with Crippen LogP contribution in [0.2, 0.25) is 0 Å². The first-order chi connectivity index (χ1) is 8.11. The maximum Gasteiger partial charge on any atom is 0.143 e. The van der Waals surface area contributed by atoms with Gasteiger partial charge < -0.3 is 20.5 Å². The molecule has 0 amide bonds. The Bertz CT molecular complexity index is 395. The monoisotopic (exact) mass is 236 g/mol. The molecule has 1 heterocycles. The molecule has 2 rings (SSSR count). The number of benzene rings is 1. The maximum atomic E-state index is 9.72. The molecule has 2 atom stereocenters. The van der Waals surface area contributed by atoms with Gasteiger partial charge in [-0.3, -0.25) is 0 Å². The Kier molecular flexibility index (Phi) is 3.43. The van der Waals surface area contributed by atoms with Crippen LogP contribution < -0.4 is 15.4 Å². The number of aliphatic hydroxyl groups excluding tert-OH is 1. The summed E-state index contributed by atoms with van der Waals surface area (Å²) in [5, 5.41) is 9.72. The third-order valence-corrected chi connectivity index (χ3v) is 3.44. The van der Waals surface area contributed by atoms with Crippen LogP contribution in [0.5, 0.6) is 5.75 Å². The minimum Gasteiger partial charge on any atom is -0.495 e. The third-order valence-electron chi connectivity index (χ3n) is 3.44. The van der Waals surface area contributed by atoms with Gasteiger partial charge in [0.05, 0.1) is 18.9 Å². The van der Waals surface area contributed by atoms with E-state index < -0.39 is 0 Å². The van der Waals surface area contributed by atoms with Crippen molar-refractivity contribution in [3.8, 4) is 5.75 Å². The summed E-state index contributed by atoms with van der Waals surface area (Å²) in [7, 11) is 1.62. The largest absolute Gasteiger partial charge is 0.495 e. The molecule has 1 aliphatic rings. The Morgan fingerprint density at radius 2 is 2.24 bits per heavy atom. The third kappa shape index (κ3) is 2.47. The van der Waals surface area contributed by atoms with Crippen molar-refractivity contribution in [2.75, 3.05) is 30.8 Å². The van der Waals surface area contributed by atoms with E-state index in [1.165, 1.54) is 0 Å². The average molecular weight is 236 g/mol. The fraction of sp³-hybridized carbons (Fsp3) is 0.538. The minimum atomic E-state index is -0.179. The van der Waals surface area contributed by atoms with Crippen molar-refractivity contribution in [2.45, 2.75) is 19.4 Å². The molecule has 4 heteroatoms. The summed E-state index contributed by atoms with van der Waals surface area (Å²) in [6, 6.07) is 5.83. The Morgan fingerprint density at radius 3 is 2.88 bits per heavy atom. The van der Waals surface area contributed by atoms with Gasteiger partial charge in [-0.2, -0.15) is 0 Å². The lowest BCUT2D eigenvalue weighted by Gasteiger charge is -2.36. The second-order valence-corrected chi connectivity index (χ2v) is 4.71. The molecule has 3 N–H and O–H groups in total. The Morgan fingerprint density at radius 1 is 1.47 bits per heavy atom. The first kappa shape index (κ1) is 12.0. The zero-order chi connectivity index (χ0) is 12.4. The SMILES string of the molecule is COc1cc(N2CCC(O)C(C)C2)ccc1N. The first-order valence-corrected chi connectivity index (χ1v) is 5.98. The van der Waals surface area contributed by atoms with Gasteiger partial charge in [-0.1, -0.05) is 6.92 Å².